The number of hydrogen-bond acceptors (Lipinski definition) is 8. The van der Waals surface area contributed by atoms with E-state index in [1.54, 1.807) is 16.4 Å². The fourth-order valence-electron chi connectivity index (χ4n) is 5.75. The molecule has 3 N–H and O–H groups in total. The van der Waals surface area contributed by atoms with Gasteiger partial charge in [0.15, 0.2) is 0 Å². The van der Waals surface area contributed by atoms with Crippen LogP contribution in [-0.4, -0.2) is 59.3 Å². The van der Waals surface area contributed by atoms with Gasteiger partial charge in [-0.1, -0.05) is 48.5 Å². The summed E-state index contributed by atoms with van der Waals surface area (Å²) in [5, 5.41) is 11.6. The Bertz CT molecular complexity index is 1650. The normalized spacial score (nSPS) is 18.0. The summed E-state index contributed by atoms with van der Waals surface area (Å²) in [6.45, 7) is 13.6. The number of aromatic nitrogens is 3. The lowest BCUT2D eigenvalue weighted by Gasteiger charge is -2.42. The summed E-state index contributed by atoms with van der Waals surface area (Å²) in [7, 11) is -3.24. The fourth-order valence-corrected chi connectivity index (χ4v) is 7.41. The van der Waals surface area contributed by atoms with E-state index in [0.29, 0.717) is 43.2 Å². The maximum atomic E-state index is 11.9. The maximum Gasteiger partial charge on any atom is 0.407 e. The van der Waals surface area contributed by atoms with Crippen LogP contribution in [-0.2, 0) is 17.8 Å². The lowest BCUT2D eigenvalue weighted by atomic mass is 9.87. The molecule has 4 aromatic rings. The molecule has 1 aromatic heterocycles. The number of carbonyl (C=O) groups excluding carboxylic acids is 1. The zero-order valence-electron chi connectivity index (χ0n) is 27.0. The molecule has 242 valence electrons. The predicted molar refractivity (Wildman–Crippen MR) is 178 cm³/mol. The van der Waals surface area contributed by atoms with Crippen molar-refractivity contribution < 1.29 is 23.4 Å². The number of amides is 1. The Balaban J connectivity index is 1.31. The molecule has 45 heavy (non-hydrogen) atoms. The first-order valence-corrected chi connectivity index (χ1v) is 17.0. The maximum absolute atomic E-state index is 11.9. The highest BCUT2D eigenvalue weighted by Gasteiger charge is 2.34. The monoisotopic (exact) mass is 635 g/mol. The minimum atomic E-state index is -3.24. The van der Waals surface area contributed by atoms with Crippen LogP contribution in [0.2, 0.25) is 0 Å². The summed E-state index contributed by atoms with van der Waals surface area (Å²) < 4.78 is 37.8. The minimum absolute atomic E-state index is 0.129. The van der Waals surface area contributed by atoms with Crippen LogP contribution in [0.15, 0.2) is 65.6 Å². The van der Waals surface area contributed by atoms with E-state index in [-0.39, 0.29) is 12.0 Å². The Hall–Kier alpha value is -3.64. The van der Waals surface area contributed by atoms with E-state index in [4.69, 9.17) is 9.47 Å². The molecule has 2 atom stereocenters. The lowest BCUT2D eigenvalue weighted by Crippen LogP contribution is -2.33. The molecule has 2 heterocycles. The highest BCUT2D eigenvalue weighted by molar-refractivity contribution is 8.22. The number of hydrogen-bond donors (Lipinski definition) is 3. The highest BCUT2D eigenvalue weighted by atomic mass is 32.3. The standard InChI is InChI=1S/C34H45N5O5S/c1-7-28(26-15-16-30-29(20-26)36-37-39(30)18-10-17-35-33(40)44-34(4,5)6)25-14-13-23(2)27(19-25)22-38-21-24(3)43-31-11-8-9-12-32(31)45(38,41)42/h8-9,11-16,19-20,24,28,41-42H,7,10,17-18,21-22H2,1-6H3,(H,35,40)/t24-,28?/m1/s1. The second kappa shape index (κ2) is 13.4. The number of aryl methyl sites for hydroxylation is 2. The highest BCUT2D eigenvalue weighted by Crippen LogP contribution is 2.57. The van der Waals surface area contributed by atoms with E-state index < -0.39 is 22.5 Å². The number of rotatable bonds is 9. The first kappa shape index (κ1) is 32.7. The van der Waals surface area contributed by atoms with Crippen molar-refractivity contribution in [3.05, 3.63) is 82.9 Å². The van der Waals surface area contributed by atoms with Crippen molar-refractivity contribution in [2.45, 2.75) is 90.0 Å². The molecule has 1 aliphatic heterocycles. The van der Waals surface area contributed by atoms with Gasteiger partial charge in [0.05, 0.1) is 12.1 Å². The van der Waals surface area contributed by atoms with E-state index in [0.717, 1.165) is 39.7 Å². The summed E-state index contributed by atoms with van der Waals surface area (Å²) in [4.78, 5) is 12.3. The van der Waals surface area contributed by atoms with Gasteiger partial charge < -0.3 is 14.8 Å². The van der Waals surface area contributed by atoms with Gasteiger partial charge in [0.1, 0.15) is 27.9 Å². The molecule has 5 rings (SSSR count). The quantitative estimate of drug-likeness (QED) is 0.162. The first-order valence-electron chi connectivity index (χ1n) is 15.5. The second-order valence-corrected chi connectivity index (χ2v) is 14.7. The molecule has 0 aliphatic carbocycles. The summed E-state index contributed by atoms with van der Waals surface area (Å²) in [6.07, 6.45) is 0.957. The van der Waals surface area contributed by atoms with Crippen LogP contribution in [0.4, 0.5) is 4.79 Å². The molecule has 0 saturated heterocycles. The van der Waals surface area contributed by atoms with Crippen LogP contribution >= 0.6 is 10.8 Å². The Kier molecular flexibility index (Phi) is 9.74. The van der Waals surface area contributed by atoms with Gasteiger partial charge in [-0.05, 0) is 94.0 Å². The molecule has 11 heteroatoms. The summed E-state index contributed by atoms with van der Waals surface area (Å²) in [5.74, 6) is 0.651. The van der Waals surface area contributed by atoms with E-state index in [1.807, 2.05) is 44.5 Å². The van der Waals surface area contributed by atoms with Gasteiger partial charge in [0.2, 0.25) is 0 Å². The molecular weight excluding hydrogens is 590 g/mol. The molecule has 0 radical (unpaired) electrons. The molecule has 0 bridgehead atoms. The van der Waals surface area contributed by atoms with Crippen molar-refractivity contribution in [3.63, 3.8) is 0 Å². The Morgan fingerprint density at radius 1 is 1.13 bits per heavy atom. The van der Waals surface area contributed by atoms with Gasteiger partial charge >= 0.3 is 6.09 Å². The van der Waals surface area contributed by atoms with Gasteiger partial charge in [-0.3, -0.25) is 9.11 Å². The van der Waals surface area contributed by atoms with Crippen LogP contribution in [0.5, 0.6) is 5.75 Å². The van der Waals surface area contributed by atoms with Crippen molar-refractivity contribution in [3.8, 4) is 5.75 Å². The van der Waals surface area contributed by atoms with Gasteiger partial charge in [0.25, 0.3) is 0 Å². The summed E-state index contributed by atoms with van der Waals surface area (Å²) in [5.41, 5.74) is 5.68. The predicted octanol–water partition coefficient (Wildman–Crippen LogP) is 7.50. The number of nitrogens with zero attached hydrogens (tertiary/aromatic N) is 4. The molecule has 1 aliphatic rings. The van der Waals surface area contributed by atoms with Crippen LogP contribution in [0, 0.1) is 6.92 Å². The van der Waals surface area contributed by atoms with Gasteiger partial charge in [-0.2, -0.15) is 4.31 Å². The molecular formula is C34H45N5O5S. The van der Waals surface area contributed by atoms with Crippen molar-refractivity contribution in [2.24, 2.45) is 0 Å². The molecule has 0 spiro atoms. The number of fused-ring (bicyclic) bond motifs is 2. The Morgan fingerprint density at radius 3 is 2.62 bits per heavy atom. The molecule has 1 unspecified atom stereocenters. The van der Waals surface area contributed by atoms with E-state index >= 15 is 0 Å². The third kappa shape index (κ3) is 7.61. The number of carbonyl (C=O) groups is 1. The lowest BCUT2D eigenvalue weighted by molar-refractivity contribution is 0.0526. The van der Waals surface area contributed by atoms with E-state index in [9.17, 15) is 13.9 Å². The molecule has 0 fully saturated rings. The number of nitrogens with one attached hydrogen (secondary N) is 1. The van der Waals surface area contributed by atoms with Crippen LogP contribution < -0.4 is 10.1 Å². The smallest absolute Gasteiger partial charge is 0.407 e. The molecule has 0 saturated carbocycles. The average molecular weight is 636 g/mol. The third-order valence-corrected chi connectivity index (χ3v) is 9.90. The van der Waals surface area contributed by atoms with Crippen molar-refractivity contribution >= 4 is 27.9 Å². The van der Waals surface area contributed by atoms with E-state index in [2.05, 4.69) is 65.9 Å². The zero-order valence-corrected chi connectivity index (χ0v) is 27.8. The third-order valence-electron chi connectivity index (χ3n) is 7.98. The average Bonchev–Trinajstić information content (AvgIpc) is 3.34. The summed E-state index contributed by atoms with van der Waals surface area (Å²) in [6, 6.07) is 20.0. The van der Waals surface area contributed by atoms with Crippen molar-refractivity contribution in [1.29, 1.82) is 0 Å². The van der Waals surface area contributed by atoms with Crippen LogP contribution in [0.25, 0.3) is 11.0 Å². The van der Waals surface area contributed by atoms with E-state index in [1.165, 1.54) is 0 Å². The van der Waals surface area contributed by atoms with Crippen molar-refractivity contribution in [1.82, 2.24) is 24.6 Å². The van der Waals surface area contributed by atoms with Crippen molar-refractivity contribution in [2.75, 3.05) is 13.1 Å². The Morgan fingerprint density at radius 2 is 1.87 bits per heavy atom. The van der Waals surface area contributed by atoms with Gasteiger partial charge in [-0.25, -0.2) is 9.48 Å². The zero-order chi connectivity index (χ0) is 32.4. The number of ether oxygens (including phenoxy) is 2. The number of alkyl carbamates (subject to hydrolysis) is 1. The molecule has 10 nitrogen and oxygen atoms in total. The minimum Gasteiger partial charge on any atom is -0.487 e. The largest absolute Gasteiger partial charge is 0.487 e. The second-order valence-electron chi connectivity index (χ2n) is 12.7. The number of benzene rings is 3. The first-order chi connectivity index (χ1) is 21.4. The topological polar surface area (TPSA) is 122 Å². The SMILES string of the molecule is CCC(c1ccc(C)c(CN2C[C@@H](C)Oc3ccccc3S2(O)O)c1)c1ccc2c(c1)nnn2CCCNC(=O)OC(C)(C)C. The fraction of sp³-hybridized carbons (Fsp3) is 0.441. The molecule has 1 amide bonds. The van der Waals surface area contributed by atoms with Crippen LogP contribution in [0.3, 0.4) is 0 Å². The van der Waals surface area contributed by atoms with Gasteiger partial charge in [-0.15, -0.1) is 15.9 Å². The number of para-hydroxylation sites is 1. The summed E-state index contributed by atoms with van der Waals surface area (Å²) >= 11 is 0. The van der Waals surface area contributed by atoms with Crippen LogP contribution in [0.1, 0.15) is 75.6 Å². The van der Waals surface area contributed by atoms with Gasteiger partial charge in [0, 0.05) is 25.6 Å². The Labute approximate surface area is 267 Å². The molecule has 3 aromatic carbocycles.